The van der Waals surface area contributed by atoms with Crippen LogP contribution in [0.3, 0.4) is 0 Å². The van der Waals surface area contributed by atoms with Crippen LogP contribution in [0.5, 0.6) is 0 Å². The fourth-order valence-electron chi connectivity index (χ4n) is 4.18. The second-order valence-corrected chi connectivity index (χ2v) is 8.88. The molecule has 3 heterocycles. The van der Waals surface area contributed by atoms with Gasteiger partial charge in [-0.1, -0.05) is 35.3 Å². The van der Waals surface area contributed by atoms with Gasteiger partial charge in [0.25, 0.3) is 0 Å². The summed E-state index contributed by atoms with van der Waals surface area (Å²) < 4.78 is 1.92. The molecule has 2 aromatic carbocycles. The maximum absolute atomic E-state index is 12.1. The lowest BCUT2D eigenvalue weighted by atomic mass is 10.2. The Kier molecular flexibility index (Phi) is 6.27. The van der Waals surface area contributed by atoms with Gasteiger partial charge in [-0.25, -0.2) is 15.0 Å². The van der Waals surface area contributed by atoms with E-state index in [4.69, 9.17) is 33.3 Å². The highest BCUT2D eigenvalue weighted by atomic mass is 35.5. The van der Waals surface area contributed by atoms with Crippen molar-refractivity contribution in [3.63, 3.8) is 0 Å². The van der Waals surface area contributed by atoms with Gasteiger partial charge in [-0.3, -0.25) is 14.2 Å². The van der Waals surface area contributed by atoms with Crippen LogP contribution in [0.2, 0.25) is 10.0 Å². The summed E-state index contributed by atoms with van der Waals surface area (Å²) in [5.41, 5.74) is 2.78. The van der Waals surface area contributed by atoms with Crippen LogP contribution in [0.4, 0.5) is 5.82 Å². The minimum absolute atomic E-state index is 0.391. The van der Waals surface area contributed by atoms with E-state index in [1.807, 2.05) is 45.9 Å². The second-order valence-electron chi connectivity index (χ2n) is 8.03. The number of hydrogen-bond acceptors (Lipinski definition) is 6. The van der Waals surface area contributed by atoms with Crippen LogP contribution in [-0.4, -0.2) is 67.6 Å². The lowest BCUT2D eigenvalue weighted by molar-refractivity contribution is -0.144. The number of hydrogen-bond donors (Lipinski definition) is 1. The van der Waals surface area contributed by atoms with Crippen molar-refractivity contribution in [2.75, 3.05) is 31.1 Å². The smallest absolute Gasteiger partial charge is 0.312 e. The Hall–Kier alpha value is -3.69. The van der Waals surface area contributed by atoms with Crippen LogP contribution >= 0.6 is 23.2 Å². The zero-order chi connectivity index (χ0) is 24.5. The molecular weight excluding hydrogens is 491 g/mol. The third-order valence-corrected chi connectivity index (χ3v) is 6.44. The van der Waals surface area contributed by atoms with Crippen molar-refractivity contribution in [3.05, 3.63) is 64.9 Å². The van der Waals surface area contributed by atoms with Gasteiger partial charge < -0.3 is 14.9 Å². The number of aromatic nitrogens is 4. The Bertz CT molecular complexity index is 1410. The van der Waals surface area contributed by atoms with Crippen molar-refractivity contribution in [1.82, 2.24) is 24.4 Å². The first-order valence-corrected chi connectivity index (χ1v) is 11.7. The Morgan fingerprint density at radius 2 is 1.66 bits per heavy atom. The molecule has 35 heavy (non-hydrogen) atoms. The summed E-state index contributed by atoms with van der Waals surface area (Å²) in [6.07, 6.45) is 0.981. The number of carbonyl (C=O) groups excluding carboxylic acids is 1. The van der Waals surface area contributed by atoms with E-state index in [1.54, 1.807) is 17.0 Å². The standard InChI is InChI=1S/C24H20Cl2N6O3/c25-15-5-7-16(8-6-15)32-22(17-3-1-2-4-18(17)26)29-21-23(27-14-28-24(21)32)31-11-9-30(10-12-31)19(33)13-20(34)35/h1-8,14H,9-13H2,(H,34,35). The van der Waals surface area contributed by atoms with Crippen molar-refractivity contribution < 1.29 is 14.7 Å². The summed E-state index contributed by atoms with van der Waals surface area (Å²) in [5.74, 6) is -0.265. The minimum Gasteiger partial charge on any atom is -0.481 e. The van der Waals surface area contributed by atoms with Gasteiger partial charge in [-0.05, 0) is 36.4 Å². The molecule has 1 amide bonds. The molecule has 4 aromatic rings. The van der Waals surface area contributed by atoms with Crippen molar-refractivity contribution in [2.24, 2.45) is 0 Å². The lowest BCUT2D eigenvalue weighted by Gasteiger charge is -2.35. The third kappa shape index (κ3) is 4.52. The predicted octanol–water partition coefficient (Wildman–Crippen LogP) is 3.91. The molecule has 11 heteroatoms. The number of piperazine rings is 1. The highest BCUT2D eigenvalue weighted by Gasteiger charge is 2.27. The first-order chi connectivity index (χ1) is 16.9. The van der Waals surface area contributed by atoms with E-state index in [0.29, 0.717) is 59.0 Å². The molecule has 2 aromatic heterocycles. The summed E-state index contributed by atoms with van der Waals surface area (Å²) in [6, 6.07) is 14.8. The normalized spacial score (nSPS) is 13.9. The number of rotatable bonds is 5. The Labute approximate surface area is 210 Å². The van der Waals surface area contributed by atoms with Crippen LogP contribution in [0, 0.1) is 0 Å². The number of aliphatic carboxylic acids is 1. The number of amides is 1. The second kappa shape index (κ2) is 9.52. The van der Waals surface area contributed by atoms with Gasteiger partial charge in [0.2, 0.25) is 5.91 Å². The van der Waals surface area contributed by atoms with E-state index in [2.05, 4.69) is 9.97 Å². The average molecular weight is 511 g/mol. The number of nitrogens with zero attached hydrogens (tertiary/aromatic N) is 6. The largest absolute Gasteiger partial charge is 0.481 e. The molecule has 0 atom stereocenters. The molecule has 0 spiro atoms. The van der Waals surface area contributed by atoms with Crippen LogP contribution in [-0.2, 0) is 9.59 Å². The molecule has 1 fully saturated rings. The molecule has 0 bridgehead atoms. The number of imidazole rings is 1. The zero-order valence-corrected chi connectivity index (χ0v) is 19.9. The fraction of sp³-hybridized carbons (Fsp3) is 0.208. The number of halogens is 2. The van der Waals surface area contributed by atoms with Crippen molar-refractivity contribution in [2.45, 2.75) is 6.42 Å². The SMILES string of the molecule is O=C(O)CC(=O)N1CCN(c2ncnc3c2nc(-c2ccccc2Cl)n3-c2ccc(Cl)cc2)CC1. The number of carboxylic acid groups (broad SMARTS) is 1. The van der Waals surface area contributed by atoms with E-state index >= 15 is 0 Å². The van der Waals surface area contributed by atoms with Gasteiger partial charge in [0.05, 0.1) is 5.02 Å². The topological polar surface area (TPSA) is 104 Å². The molecule has 0 unspecified atom stereocenters. The average Bonchev–Trinajstić information content (AvgIpc) is 3.24. The summed E-state index contributed by atoms with van der Waals surface area (Å²) >= 11 is 12.7. The molecule has 9 nitrogen and oxygen atoms in total. The van der Waals surface area contributed by atoms with E-state index in [0.717, 1.165) is 11.3 Å². The van der Waals surface area contributed by atoms with Crippen LogP contribution in [0.15, 0.2) is 54.9 Å². The number of benzene rings is 2. The lowest BCUT2D eigenvalue weighted by Crippen LogP contribution is -2.49. The van der Waals surface area contributed by atoms with E-state index in [1.165, 1.54) is 6.33 Å². The van der Waals surface area contributed by atoms with Gasteiger partial charge in [0, 0.05) is 42.5 Å². The highest BCUT2D eigenvalue weighted by Crippen LogP contribution is 2.34. The minimum atomic E-state index is -1.13. The van der Waals surface area contributed by atoms with Crippen molar-refractivity contribution in [1.29, 1.82) is 0 Å². The van der Waals surface area contributed by atoms with E-state index in [-0.39, 0.29) is 0 Å². The third-order valence-electron chi connectivity index (χ3n) is 5.86. The first kappa shape index (κ1) is 23.1. The maximum atomic E-state index is 12.1. The zero-order valence-electron chi connectivity index (χ0n) is 18.4. The molecule has 1 aliphatic heterocycles. The molecule has 1 N–H and O–H groups in total. The number of fused-ring (bicyclic) bond motifs is 1. The Balaban J connectivity index is 1.57. The van der Waals surface area contributed by atoms with Gasteiger partial charge in [-0.2, -0.15) is 0 Å². The van der Waals surface area contributed by atoms with Crippen molar-refractivity contribution in [3.8, 4) is 17.1 Å². The Morgan fingerprint density at radius 1 is 0.943 bits per heavy atom. The molecule has 1 aliphatic rings. The molecule has 178 valence electrons. The van der Waals surface area contributed by atoms with Gasteiger partial charge in [0.15, 0.2) is 17.0 Å². The highest BCUT2D eigenvalue weighted by molar-refractivity contribution is 6.33. The summed E-state index contributed by atoms with van der Waals surface area (Å²) in [6.45, 7) is 1.78. The van der Waals surface area contributed by atoms with Crippen LogP contribution in [0.1, 0.15) is 6.42 Å². The van der Waals surface area contributed by atoms with Gasteiger partial charge in [0.1, 0.15) is 18.6 Å². The number of carboxylic acids is 1. The van der Waals surface area contributed by atoms with Gasteiger partial charge in [-0.15, -0.1) is 0 Å². The molecule has 0 radical (unpaired) electrons. The predicted molar refractivity (Wildman–Crippen MR) is 133 cm³/mol. The summed E-state index contributed by atoms with van der Waals surface area (Å²) in [5, 5.41) is 10.1. The summed E-state index contributed by atoms with van der Waals surface area (Å²) in [4.78, 5) is 40.6. The number of anilines is 1. The van der Waals surface area contributed by atoms with Crippen LogP contribution < -0.4 is 4.90 Å². The maximum Gasteiger partial charge on any atom is 0.312 e. The monoisotopic (exact) mass is 510 g/mol. The van der Waals surface area contributed by atoms with E-state index in [9.17, 15) is 9.59 Å². The molecule has 1 saturated heterocycles. The Morgan fingerprint density at radius 3 is 2.34 bits per heavy atom. The van der Waals surface area contributed by atoms with Gasteiger partial charge >= 0.3 is 5.97 Å². The fourth-order valence-corrected chi connectivity index (χ4v) is 4.52. The van der Waals surface area contributed by atoms with Crippen molar-refractivity contribution >= 4 is 52.1 Å². The first-order valence-electron chi connectivity index (χ1n) is 10.9. The molecule has 0 aliphatic carbocycles. The van der Waals surface area contributed by atoms with Crippen LogP contribution in [0.25, 0.3) is 28.2 Å². The molecule has 0 saturated carbocycles. The quantitative estimate of drug-likeness (QED) is 0.405. The molecular formula is C24H20Cl2N6O3. The summed E-state index contributed by atoms with van der Waals surface area (Å²) in [7, 11) is 0. The number of carbonyl (C=O) groups is 2. The van der Waals surface area contributed by atoms with E-state index < -0.39 is 18.3 Å². The molecule has 5 rings (SSSR count).